The number of amides is 2. The standard InChI is InChI=1S/C15H18F2N2O2/c1-15(2,3)13-9(16)6-8(7-10(13)17)18-11-4-5-12(20)19-14(11)21/h6-7,11,18H,4-5H2,1-3H3,(H,19,20,21). The minimum Gasteiger partial charge on any atom is -0.373 e. The summed E-state index contributed by atoms with van der Waals surface area (Å²) in [6, 6.07) is 1.68. The van der Waals surface area contributed by atoms with E-state index in [1.807, 2.05) is 0 Å². The number of halogens is 2. The molecule has 2 N–H and O–H groups in total. The van der Waals surface area contributed by atoms with Crippen LogP contribution in [-0.4, -0.2) is 17.9 Å². The Hall–Kier alpha value is -1.98. The van der Waals surface area contributed by atoms with Gasteiger partial charge in [-0.1, -0.05) is 20.8 Å². The quantitative estimate of drug-likeness (QED) is 0.824. The van der Waals surface area contributed by atoms with Crippen molar-refractivity contribution in [3.63, 3.8) is 0 Å². The number of carbonyl (C=O) groups excluding carboxylic acids is 2. The fourth-order valence-electron chi connectivity index (χ4n) is 2.41. The molecule has 1 aliphatic heterocycles. The van der Waals surface area contributed by atoms with E-state index < -0.39 is 29.0 Å². The predicted molar refractivity (Wildman–Crippen MR) is 74.9 cm³/mol. The molecule has 1 aromatic carbocycles. The number of carbonyl (C=O) groups is 2. The Morgan fingerprint density at radius 2 is 1.76 bits per heavy atom. The van der Waals surface area contributed by atoms with Crippen molar-refractivity contribution < 1.29 is 18.4 Å². The number of hydrogen-bond acceptors (Lipinski definition) is 3. The predicted octanol–water partition coefficient (Wildman–Crippen LogP) is 2.48. The number of hydrogen-bond donors (Lipinski definition) is 2. The molecule has 6 heteroatoms. The Bertz CT molecular complexity index is 571. The lowest BCUT2D eigenvalue weighted by molar-refractivity contribution is -0.133. The van der Waals surface area contributed by atoms with Gasteiger partial charge in [0.05, 0.1) is 0 Å². The lowest BCUT2D eigenvalue weighted by Gasteiger charge is -2.25. The van der Waals surface area contributed by atoms with Gasteiger partial charge in [-0.25, -0.2) is 8.78 Å². The first kappa shape index (κ1) is 15.4. The van der Waals surface area contributed by atoms with Gasteiger partial charge in [-0.05, 0) is 24.0 Å². The third-order valence-corrected chi connectivity index (χ3v) is 3.37. The van der Waals surface area contributed by atoms with Crippen LogP contribution in [0.4, 0.5) is 14.5 Å². The maximum Gasteiger partial charge on any atom is 0.249 e. The molecule has 1 unspecified atom stereocenters. The molecule has 1 heterocycles. The highest BCUT2D eigenvalue weighted by Gasteiger charge is 2.28. The van der Waals surface area contributed by atoms with E-state index in [1.165, 1.54) is 12.1 Å². The molecule has 2 amide bonds. The second-order valence-electron chi connectivity index (χ2n) is 6.21. The highest BCUT2D eigenvalue weighted by Crippen LogP contribution is 2.30. The van der Waals surface area contributed by atoms with E-state index in [-0.39, 0.29) is 23.6 Å². The van der Waals surface area contributed by atoms with E-state index in [0.29, 0.717) is 6.42 Å². The number of nitrogens with one attached hydrogen (secondary N) is 2. The Balaban J connectivity index is 2.23. The zero-order chi connectivity index (χ0) is 15.8. The number of rotatable bonds is 2. The first-order chi connectivity index (χ1) is 9.68. The van der Waals surface area contributed by atoms with Crippen LogP contribution in [-0.2, 0) is 15.0 Å². The van der Waals surface area contributed by atoms with Crippen LogP contribution in [0.1, 0.15) is 39.2 Å². The van der Waals surface area contributed by atoms with Gasteiger partial charge in [0.25, 0.3) is 0 Å². The average Bonchev–Trinajstić information content (AvgIpc) is 2.30. The number of benzene rings is 1. The summed E-state index contributed by atoms with van der Waals surface area (Å²) in [6.07, 6.45) is 0.503. The van der Waals surface area contributed by atoms with Crippen molar-refractivity contribution >= 4 is 17.5 Å². The van der Waals surface area contributed by atoms with Gasteiger partial charge >= 0.3 is 0 Å². The van der Waals surface area contributed by atoms with Crippen LogP contribution in [0.2, 0.25) is 0 Å². The largest absolute Gasteiger partial charge is 0.373 e. The molecule has 1 aliphatic rings. The first-order valence-electron chi connectivity index (χ1n) is 6.78. The molecule has 114 valence electrons. The van der Waals surface area contributed by atoms with Gasteiger partial charge in [-0.15, -0.1) is 0 Å². The second-order valence-corrected chi connectivity index (χ2v) is 6.21. The summed E-state index contributed by atoms with van der Waals surface area (Å²) in [7, 11) is 0. The van der Waals surface area contributed by atoms with Gasteiger partial charge in [0.15, 0.2) is 0 Å². The van der Waals surface area contributed by atoms with Gasteiger partial charge in [-0.2, -0.15) is 0 Å². The number of anilines is 1. The van der Waals surface area contributed by atoms with Crippen molar-refractivity contribution in [3.05, 3.63) is 29.3 Å². The Kier molecular flexibility index (Phi) is 3.98. The molecule has 1 atom stereocenters. The van der Waals surface area contributed by atoms with Crippen LogP contribution in [0.5, 0.6) is 0 Å². The van der Waals surface area contributed by atoms with Crippen LogP contribution >= 0.6 is 0 Å². The topological polar surface area (TPSA) is 58.2 Å². The van der Waals surface area contributed by atoms with E-state index in [4.69, 9.17) is 0 Å². The van der Waals surface area contributed by atoms with Crippen molar-refractivity contribution in [1.82, 2.24) is 5.32 Å². The third kappa shape index (κ3) is 3.37. The molecule has 4 nitrogen and oxygen atoms in total. The summed E-state index contributed by atoms with van der Waals surface area (Å²) in [5, 5.41) is 4.95. The van der Waals surface area contributed by atoms with Crippen LogP contribution in [0, 0.1) is 11.6 Å². The van der Waals surface area contributed by atoms with E-state index in [0.717, 1.165) is 0 Å². The number of piperidine rings is 1. The van der Waals surface area contributed by atoms with Crippen molar-refractivity contribution in [3.8, 4) is 0 Å². The van der Waals surface area contributed by atoms with Crippen LogP contribution in [0.3, 0.4) is 0 Å². The van der Waals surface area contributed by atoms with Crippen molar-refractivity contribution in [1.29, 1.82) is 0 Å². The van der Waals surface area contributed by atoms with Gasteiger partial charge in [-0.3, -0.25) is 14.9 Å². The normalized spacial score (nSPS) is 19.4. The summed E-state index contributed by atoms with van der Waals surface area (Å²) in [5.41, 5.74) is -0.453. The Labute approximate surface area is 121 Å². The summed E-state index contributed by atoms with van der Waals surface area (Å²) in [5.74, 6) is -2.12. The Morgan fingerprint density at radius 1 is 1.19 bits per heavy atom. The molecule has 0 bridgehead atoms. The molecular weight excluding hydrogens is 278 g/mol. The molecule has 1 fully saturated rings. The summed E-state index contributed by atoms with van der Waals surface area (Å²) < 4.78 is 28.2. The van der Waals surface area contributed by atoms with Gasteiger partial charge in [0, 0.05) is 17.7 Å². The van der Waals surface area contributed by atoms with E-state index in [2.05, 4.69) is 10.6 Å². The van der Waals surface area contributed by atoms with Gasteiger partial charge in [0.2, 0.25) is 11.8 Å². The molecule has 0 saturated carbocycles. The van der Waals surface area contributed by atoms with E-state index in [1.54, 1.807) is 20.8 Å². The third-order valence-electron chi connectivity index (χ3n) is 3.37. The second kappa shape index (κ2) is 5.42. The molecule has 21 heavy (non-hydrogen) atoms. The zero-order valence-corrected chi connectivity index (χ0v) is 12.2. The molecule has 0 radical (unpaired) electrons. The lowest BCUT2D eigenvalue weighted by Crippen LogP contribution is -2.47. The summed E-state index contributed by atoms with van der Waals surface area (Å²) >= 11 is 0. The molecular formula is C15H18F2N2O2. The molecule has 0 spiro atoms. The fraction of sp³-hybridized carbons (Fsp3) is 0.467. The Morgan fingerprint density at radius 3 is 2.24 bits per heavy atom. The van der Waals surface area contributed by atoms with Gasteiger partial charge in [0.1, 0.15) is 17.7 Å². The summed E-state index contributed by atoms with van der Waals surface area (Å²) in [4.78, 5) is 22.7. The SMILES string of the molecule is CC(C)(C)c1c(F)cc(NC2CCC(=O)NC2=O)cc1F. The molecule has 1 saturated heterocycles. The van der Waals surface area contributed by atoms with Crippen LogP contribution in [0.15, 0.2) is 12.1 Å². The van der Waals surface area contributed by atoms with Crippen LogP contribution in [0.25, 0.3) is 0 Å². The number of imide groups is 1. The summed E-state index contributed by atoms with van der Waals surface area (Å²) in [6.45, 7) is 5.17. The zero-order valence-electron chi connectivity index (χ0n) is 12.2. The van der Waals surface area contributed by atoms with E-state index in [9.17, 15) is 18.4 Å². The molecule has 0 aliphatic carbocycles. The maximum absolute atomic E-state index is 14.1. The highest BCUT2D eigenvalue weighted by molar-refractivity contribution is 6.01. The minimum absolute atomic E-state index is 0.0105. The first-order valence-corrected chi connectivity index (χ1v) is 6.78. The lowest BCUT2D eigenvalue weighted by atomic mass is 9.86. The van der Waals surface area contributed by atoms with Gasteiger partial charge < -0.3 is 5.32 Å². The van der Waals surface area contributed by atoms with E-state index >= 15 is 0 Å². The monoisotopic (exact) mass is 296 g/mol. The van der Waals surface area contributed by atoms with Crippen LogP contribution < -0.4 is 10.6 Å². The highest BCUT2D eigenvalue weighted by atomic mass is 19.1. The smallest absolute Gasteiger partial charge is 0.249 e. The fourth-order valence-corrected chi connectivity index (χ4v) is 2.41. The van der Waals surface area contributed by atoms with Crippen molar-refractivity contribution in [2.75, 3.05) is 5.32 Å². The maximum atomic E-state index is 14.1. The van der Waals surface area contributed by atoms with Crippen molar-refractivity contribution in [2.24, 2.45) is 0 Å². The minimum atomic E-state index is -0.665. The molecule has 0 aromatic heterocycles. The molecule has 2 rings (SSSR count). The molecule has 1 aromatic rings. The average molecular weight is 296 g/mol. The van der Waals surface area contributed by atoms with Crippen molar-refractivity contribution in [2.45, 2.75) is 45.1 Å².